The molecule has 0 aliphatic carbocycles. The van der Waals surface area contributed by atoms with E-state index in [0.717, 1.165) is 24.9 Å². The molecule has 1 unspecified atom stereocenters. The summed E-state index contributed by atoms with van der Waals surface area (Å²) in [5, 5.41) is 6.20. The molecule has 0 bridgehead atoms. The predicted octanol–water partition coefficient (Wildman–Crippen LogP) is 1.54. The average molecular weight is 319 g/mol. The summed E-state index contributed by atoms with van der Waals surface area (Å²) < 4.78 is 5.59. The number of aryl methyl sites for hydroxylation is 1. The molecule has 1 heterocycles. The highest BCUT2D eigenvalue weighted by molar-refractivity contribution is 5.92. The van der Waals surface area contributed by atoms with Crippen molar-refractivity contribution < 1.29 is 14.3 Å². The fourth-order valence-corrected chi connectivity index (χ4v) is 2.48. The van der Waals surface area contributed by atoms with Crippen molar-refractivity contribution in [3.05, 3.63) is 23.8 Å². The number of benzene rings is 1. The number of nitrogens with one attached hydrogen (secondary N) is 2. The molecule has 1 aromatic rings. The average Bonchev–Trinajstić information content (AvgIpc) is 2.99. The van der Waals surface area contributed by atoms with Gasteiger partial charge in [-0.15, -0.1) is 0 Å². The Bertz CT molecular complexity index is 566. The highest BCUT2D eigenvalue weighted by Gasteiger charge is 2.18. The molecule has 6 nitrogen and oxygen atoms in total. The Labute approximate surface area is 137 Å². The standard InChI is InChI=1S/C17H25N3O3/c1-12-6-7-14(15(9-12)23-11-17(22)20(2)3)19-16(21)10-13-5-4-8-18-13/h6-7,9,13,18H,4-5,8,10-11H2,1-3H3,(H,19,21). The fraction of sp³-hybridized carbons (Fsp3) is 0.529. The molecule has 0 spiro atoms. The minimum absolute atomic E-state index is 0.0444. The lowest BCUT2D eigenvalue weighted by Crippen LogP contribution is -2.28. The Hall–Kier alpha value is -2.08. The van der Waals surface area contributed by atoms with Crippen LogP contribution in [0.1, 0.15) is 24.8 Å². The summed E-state index contributed by atoms with van der Waals surface area (Å²) in [5.74, 6) is 0.351. The second-order valence-electron chi connectivity index (χ2n) is 6.12. The van der Waals surface area contributed by atoms with Crippen LogP contribution in [0.3, 0.4) is 0 Å². The van der Waals surface area contributed by atoms with Crippen LogP contribution >= 0.6 is 0 Å². The van der Waals surface area contributed by atoms with Gasteiger partial charge in [-0.05, 0) is 44.0 Å². The summed E-state index contributed by atoms with van der Waals surface area (Å²) in [6, 6.07) is 5.79. The lowest BCUT2D eigenvalue weighted by atomic mass is 10.1. The zero-order valence-electron chi connectivity index (χ0n) is 14.0. The molecule has 2 amide bonds. The first-order valence-electron chi connectivity index (χ1n) is 7.92. The molecule has 1 aliphatic heterocycles. The molecule has 2 rings (SSSR count). The van der Waals surface area contributed by atoms with E-state index >= 15 is 0 Å². The Morgan fingerprint density at radius 2 is 2.17 bits per heavy atom. The highest BCUT2D eigenvalue weighted by atomic mass is 16.5. The quantitative estimate of drug-likeness (QED) is 0.834. The second kappa shape index (κ2) is 7.97. The SMILES string of the molecule is Cc1ccc(NC(=O)CC2CCCN2)c(OCC(=O)N(C)C)c1. The van der Waals surface area contributed by atoms with Crippen LogP contribution in [0.5, 0.6) is 5.75 Å². The minimum Gasteiger partial charge on any atom is -0.482 e. The van der Waals surface area contributed by atoms with E-state index in [-0.39, 0.29) is 24.5 Å². The molecule has 0 saturated carbocycles. The maximum Gasteiger partial charge on any atom is 0.259 e. The minimum atomic E-state index is -0.126. The first kappa shape index (κ1) is 17.3. The molecule has 1 aromatic carbocycles. The van der Waals surface area contributed by atoms with Gasteiger partial charge in [-0.25, -0.2) is 0 Å². The van der Waals surface area contributed by atoms with Crippen LogP contribution in [-0.2, 0) is 9.59 Å². The number of nitrogens with zero attached hydrogens (tertiary/aromatic N) is 1. The van der Waals surface area contributed by atoms with E-state index in [9.17, 15) is 9.59 Å². The summed E-state index contributed by atoms with van der Waals surface area (Å²) in [6.45, 7) is 2.86. The molecule has 2 N–H and O–H groups in total. The van der Waals surface area contributed by atoms with Gasteiger partial charge in [-0.1, -0.05) is 6.07 Å². The Morgan fingerprint density at radius 1 is 1.39 bits per heavy atom. The van der Waals surface area contributed by atoms with Gasteiger partial charge in [0.1, 0.15) is 5.75 Å². The van der Waals surface area contributed by atoms with Gasteiger partial charge in [0.2, 0.25) is 5.91 Å². The summed E-state index contributed by atoms with van der Waals surface area (Å²) >= 11 is 0. The first-order chi connectivity index (χ1) is 11.0. The van der Waals surface area contributed by atoms with Crippen molar-refractivity contribution in [2.45, 2.75) is 32.2 Å². The first-order valence-corrected chi connectivity index (χ1v) is 7.92. The van der Waals surface area contributed by atoms with Crippen LogP contribution in [0, 0.1) is 6.92 Å². The number of likely N-dealkylation sites (N-methyl/N-ethyl adjacent to an activating group) is 1. The molecule has 1 saturated heterocycles. The van der Waals surface area contributed by atoms with Crippen molar-refractivity contribution >= 4 is 17.5 Å². The summed E-state index contributed by atoms with van der Waals surface area (Å²) in [4.78, 5) is 25.3. The summed E-state index contributed by atoms with van der Waals surface area (Å²) in [5.41, 5.74) is 1.61. The number of anilines is 1. The van der Waals surface area contributed by atoms with Gasteiger partial charge in [0.05, 0.1) is 5.69 Å². The maximum atomic E-state index is 12.2. The number of hydrogen-bond acceptors (Lipinski definition) is 4. The molecule has 0 radical (unpaired) electrons. The van der Waals surface area contributed by atoms with Gasteiger partial charge in [0.15, 0.2) is 6.61 Å². The highest BCUT2D eigenvalue weighted by Crippen LogP contribution is 2.26. The zero-order valence-corrected chi connectivity index (χ0v) is 14.0. The molecule has 1 aliphatic rings. The van der Waals surface area contributed by atoms with Crippen LogP contribution in [0.4, 0.5) is 5.69 Å². The van der Waals surface area contributed by atoms with E-state index in [1.165, 1.54) is 4.90 Å². The Kier molecular flexibility index (Phi) is 5.98. The molecule has 0 aromatic heterocycles. The Morgan fingerprint density at radius 3 is 2.83 bits per heavy atom. The number of carbonyl (C=O) groups excluding carboxylic acids is 2. The van der Waals surface area contributed by atoms with Gasteiger partial charge < -0.3 is 20.3 Å². The molecular formula is C17H25N3O3. The number of rotatable bonds is 6. The van der Waals surface area contributed by atoms with Gasteiger partial charge in [0.25, 0.3) is 5.91 Å². The van der Waals surface area contributed by atoms with E-state index in [0.29, 0.717) is 17.9 Å². The molecular weight excluding hydrogens is 294 g/mol. The normalized spacial score (nSPS) is 16.9. The smallest absolute Gasteiger partial charge is 0.259 e. The van der Waals surface area contributed by atoms with Crippen molar-refractivity contribution in [1.82, 2.24) is 10.2 Å². The fourth-order valence-electron chi connectivity index (χ4n) is 2.48. The van der Waals surface area contributed by atoms with Crippen molar-refractivity contribution in [1.29, 1.82) is 0 Å². The van der Waals surface area contributed by atoms with Crippen molar-refractivity contribution in [2.24, 2.45) is 0 Å². The number of hydrogen-bond donors (Lipinski definition) is 2. The van der Waals surface area contributed by atoms with Crippen LogP contribution in [-0.4, -0.2) is 50.0 Å². The Balaban J connectivity index is 1.99. The van der Waals surface area contributed by atoms with Gasteiger partial charge in [-0.3, -0.25) is 9.59 Å². The predicted molar refractivity (Wildman–Crippen MR) is 89.6 cm³/mol. The molecule has 1 atom stereocenters. The number of carbonyl (C=O) groups is 2. The van der Waals surface area contributed by atoms with Crippen LogP contribution in [0.2, 0.25) is 0 Å². The maximum absolute atomic E-state index is 12.2. The van der Waals surface area contributed by atoms with E-state index in [1.807, 2.05) is 25.1 Å². The summed E-state index contributed by atoms with van der Waals surface area (Å²) in [6.07, 6.45) is 2.59. The van der Waals surface area contributed by atoms with E-state index < -0.39 is 0 Å². The third-order valence-electron chi connectivity index (χ3n) is 3.86. The van der Waals surface area contributed by atoms with E-state index in [1.54, 1.807) is 14.1 Å². The third kappa shape index (κ3) is 5.25. The monoisotopic (exact) mass is 319 g/mol. The number of amides is 2. The molecule has 23 heavy (non-hydrogen) atoms. The zero-order chi connectivity index (χ0) is 16.8. The lowest BCUT2D eigenvalue weighted by Gasteiger charge is -2.16. The van der Waals surface area contributed by atoms with Crippen molar-refractivity contribution in [2.75, 3.05) is 32.6 Å². The molecule has 6 heteroatoms. The number of ether oxygens (including phenoxy) is 1. The van der Waals surface area contributed by atoms with Crippen LogP contribution in [0.15, 0.2) is 18.2 Å². The lowest BCUT2D eigenvalue weighted by molar-refractivity contribution is -0.130. The van der Waals surface area contributed by atoms with Crippen molar-refractivity contribution in [3.63, 3.8) is 0 Å². The summed E-state index contributed by atoms with van der Waals surface area (Å²) in [7, 11) is 3.36. The topological polar surface area (TPSA) is 70.7 Å². The van der Waals surface area contributed by atoms with Gasteiger partial charge in [-0.2, -0.15) is 0 Å². The van der Waals surface area contributed by atoms with Crippen molar-refractivity contribution in [3.8, 4) is 5.75 Å². The van der Waals surface area contributed by atoms with Crippen LogP contribution < -0.4 is 15.4 Å². The van der Waals surface area contributed by atoms with Gasteiger partial charge in [0, 0.05) is 26.6 Å². The largest absolute Gasteiger partial charge is 0.482 e. The van der Waals surface area contributed by atoms with E-state index in [2.05, 4.69) is 10.6 Å². The molecule has 126 valence electrons. The van der Waals surface area contributed by atoms with E-state index in [4.69, 9.17) is 4.74 Å². The van der Waals surface area contributed by atoms with Crippen LogP contribution in [0.25, 0.3) is 0 Å². The van der Waals surface area contributed by atoms with Gasteiger partial charge >= 0.3 is 0 Å². The second-order valence-corrected chi connectivity index (χ2v) is 6.12. The third-order valence-corrected chi connectivity index (χ3v) is 3.86. The molecule has 1 fully saturated rings.